The summed E-state index contributed by atoms with van der Waals surface area (Å²) in [5.74, 6) is 4.16. The molecule has 0 aliphatic rings. The van der Waals surface area contributed by atoms with E-state index in [4.69, 9.17) is 10.2 Å². The minimum absolute atomic E-state index is 0.241. The van der Waals surface area contributed by atoms with E-state index < -0.39 is 0 Å². The maximum Gasteiger partial charge on any atom is 0.231 e. The minimum Gasteiger partial charge on any atom is -0.492 e. The molecule has 0 radical (unpaired) electrons. The number of nitrogens with zero attached hydrogens (tertiary/aromatic N) is 1. The average Bonchev–Trinajstić information content (AvgIpc) is 2.12. The van der Waals surface area contributed by atoms with Crippen LogP contribution >= 0.6 is 0 Å². The van der Waals surface area contributed by atoms with Crippen molar-refractivity contribution in [2.75, 3.05) is 0 Å². The third-order valence-electron chi connectivity index (χ3n) is 0.903. The zero-order valence-corrected chi connectivity index (χ0v) is 4.48. The highest BCUT2D eigenvalue weighted by molar-refractivity contribution is 5.21. The van der Waals surface area contributed by atoms with Crippen LogP contribution in [0.4, 0.5) is 0 Å². The van der Waals surface area contributed by atoms with E-state index in [0.717, 1.165) is 0 Å². The van der Waals surface area contributed by atoms with Crippen LogP contribution in [0.5, 0.6) is 11.8 Å². The van der Waals surface area contributed by atoms with Gasteiger partial charge in [-0.3, -0.25) is 0 Å². The van der Waals surface area contributed by atoms with Gasteiger partial charge >= 0.3 is 0 Å². The zero-order valence-electron chi connectivity index (χ0n) is 4.48. The van der Waals surface area contributed by atoms with E-state index in [1.54, 1.807) is 0 Å². The number of aromatic hydroxyl groups is 2. The first-order valence-electron chi connectivity index (χ1n) is 2.22. The summed E-state index contributed by atoms with van der Waals surface area (Å²) in [5.41, 5.74) is 0. The Labute approximate surface area is 50.8 Å². The fourth-order valence-corrected chi connectivity index (χ4v) is 0.510. The van der Waals surface area contributed by atoms with Gasteiger partial charge in [0.2, 0.25) is 11.8 Å². The van der Waals surface area contributed by atoms with Crippen LogP contribution in [0.15, 0.2) is 12.1 Å². The van der Waals surface area contributed by atoms with E-state index in [2.05, 4.69) is 10.8 Å². The fraction of sp³-hybridized carbons (Fsp3) is 0. The molecule has 0 saturated heterocycles. The Kier molecular flexibility index (Phi) is 1.20. The van der Waals surface area contributed by atoms with Crippen LogP contribution in [0, 0.1) is 0 Å². The smallest absolute Gasteiger partial charge is 0.231 e. The molecule has 1 aromatic rings. The van der Waals surface area contributed by atoms with Crippen molar-refractivity contribution in [2.24, 2.45) is 5.90 Å². The van der Waals surface area contributed by atoms with E-state index in [9.17, 15) is 0 Å². The molecule has 0 unspecified atom stereocenters. The summed E-state index contributed by atoms with van der Waals surface area (Å²) in [6, 6.07) is 2.50. The van der Waals surface area contributed by atoms with Gasteiger partial charge in [-0.2, -0.15) is 0 Å². The molecule has 5 nitrogen and oxygen atoms in total. The molecule has 0 fully saturated rings. The summed E-state index contributed by atoms with van der Waals surface area (Å²) in [5, 5.41) is 17.5. The van der Waals surface area contributed by atoms with Crippen LogP contribution < -0.4 is 10.8 Å². The lowest BCUT2D eigenvalue weighted by molar-refractivity contribution is 0.0764. The van der Waals surface area contributed by atoms with Crippen LogP contribution in [0.2, 0.25) is 0 Å². The Hall–Kier alpha value is -1.36. The third-order valence-corrected chi connectivity index (χ3v) is 0.903. The van der Waals surface area contributed by atoms with Gasteiger partial charge in [-0.15, -0.1) is 5.90 Å². The van der Waals surface area contributed by atoms with Crippen LogP contribution in [-0.4, -0.2) is 14.9 Å². The molecular weight excluding hydrogens is 124 g/mol. The van der Waals surface area contributed by atoms with Crippen LogP contribution in [-0.2, 0) is 0 Å². The Morgan fingerprint density at radius 2 is 1.78 bits per heavy atom. The van der Waals surface area contributed by atoms with Crippen molar-refractivity contribution in [3.05, 3.63) is 12.1 Å². The topological polar surface area (TPSA) is 80.6 Å². The van der Waals surface area contributed by atoms with Crippen LogP contribution in [0.3, 0.4) is 0 Å². The number of rotatable bonds is 1. The van der Waals surface area contributed by atoms with Gasteiger partial charge in [0.05, 0.1) is 0 Å². The first-order valence-corrected chi connectivity index (χ1v) is 2.22. The summed E-state index contributed by atoms with van der Waals surface area (Å²) in [6.45, 7) is 0. The van der Waals surface area contributed by atoms with E-state index in [-0.39, 0.29) is 11.8 Å². The van der Waals surface area contributed by atoms with Gasteiger partial charge in [0.15, 0.2) is 0 Å². The molecule has 0 aliphatic carbocycles. The second-order valence-electron chi connectivity index (χ2n) is 1.45. The highest BCUT2D eigenvalue weighted by atomic mass is 16.8. The van der Waals surface area contributed by atoms with Gasteiger partial charge in [-0.05, 0) is 0 Å². The maximum atomic E-state index is 8.73. The molecule has 5 heteroatoms. The van der Waals surface area contributed by atoms with Crippen molar-refractivity contribution >= 4 is 0 Å². The van der Waals surface area contributed by atoms with Crippen LogP contribution in [0.25, 0.3) is 0 Å². The largest absolute Gasteiger partial charge is 0.492 e. The van der Waals surface area contributed by atoms with Crippen molar-refractivity contribution in [3.8, 4) is 11.8 Å². The molecule has 50 valence electrons. The van der Waals surface area contributed by atoms with Crippen molar-refractivity contribution in [3.63, 3.8) is 0 Å². The molecule has 1 aromatic heterocycles. The first kappa shape index (κ1) is 5.77. The number of aromatic nitrogens is 1. The van der Waals surface area contributed by atoms with E-state index in [1.807, 2.05) is 0 Å². The molecule has 9 heavy (non-hydrogen) atoms. The summed E-state index contributed by atoms with van der Waals surface area (Å²) in [4.78, 5) is 4.03. The van der Waals surface area contributed by atoms with E-state index in [1.165, 1.54) is 12.1 Å². The number of nitrogens with two attached hydrogens (primary N) is 1. The number of hydrogen-bond donors (Lipinski definition) is 3. The Bertz CT molecular complexity index is 188. The standard InChI is InChI=1S/C4H6N2O3/c5-9-6-3(7)1-2-4(6)8/h1-2,7-8H,5H2. The fourth-order valence-electron chi connectivity index (χ4n) is 0.510. The normalized spacial score (nSPS) is 9.44. The van der Waals surface area contributed by atoms with E-state index in [0.29, 0.717) is 4.73 Å². The molecule has 0 bridgehead atoms. The second kappa shape index (κ2) is 1.87. The molecule has 0 amide bonds. The molecule has 0 aromatic carbocycles. The van der Waals surface area contributed by atoms with Crippen molar-refractivity contribution < 1.29 is 15.2 Å². The molecule has 4 N–H and O–H groups in total. The average molecular weight is 130 g/mol. The highest BCUT2D eigenvalue weighted by Crippen LogP contribution is 2.17. The lowest BCUT2D eigenvalue weighted by atomic mass is 10.6. The zero-order chi connectivity index (χ0) is 6.85. The summed E-state index contributed by atoms with van der Waals surface area (Å²) >= 11 is 0. The molecule has 1 heterocycles. The molecular formula is C4H6N2O3. The predicted octanol–water partition coefficient (Wildman–Crippen LogP) is -0.798. The molecule has 0 atom stereocenters. The van der Waals surface area contributed by atoms with E-state index >= 15 is 0 Å². The SMILES string of the molecule is NOn1c(O)ccc1O. The predicted molar refractivity (Wildman–Crippen MR) is 28.5 cm³/mol. The quantitative estimate of drug-likeness (QED) is 0.435. The number of hydrogen-bond acceptors (Lipinski definition) is 4. The third kappa shape index (κ3) is 0.768. The Balaban J connectivity index is 3.07. The van der Waals surface area contributed by atoms with Crippen molar-refractivity contribution in [1.82, 2.24) is 4.73 Å². The second-order valence-corrected chi connectivity index (χ2v) is 1.45. The maximum absolute atomic E-state index is 8.73. The lowest BCUT2D eigenvalue weighted by Crippen LogP contribution is -2.16. The van der Waals surface area contributed by atoms with Gasteiger partial charge in [-0.25, -0.2) is 0 Å². The van der Waals surface area contributed by atoms with Gasteiger partial charge in [0, 0.05) is 12.1 Å². The minimum atomic E-state index is -0.241. The first-order chi connectivity index (χ1) is 4.25. The molecule has 0 aliphatic heterocycles. The highest BCUT2D eigenvalue weighted by Gasteiger charge is 2.03. The van der Waals surface area contributed by atoms with Crippen molar-refractivity contribution in [2.45, 2.75) is 0 Å². The molecule has 0 saturated carbocycles. The van der Waals surface area contributed by atoms with Gasteiger partial charge in [0.25, 0.3) is 0 Å². The van der Waals surface area contributed by atoms with Crippen LogP contribution in [0.1, 0.15) is 0 Å². The van der Waals surface area contributed by atoms with Crippen molar-refractivity contribution in [1.29, 1.82) is 0 Å². The molecule has 0 spiro atoms. The Morgan fingerprint density at radius 1 is 1.33 bits per heavy atom. The van der Waals surface area contributed by atoms with Gasteiger partial charge in [-0.1, -0.05) is 4.73 Å². The summed E-state index contributed by atoms with van der Waals surface area (Å²) < 4.78 is 0.681. The lowest BCUT2D eigenvalue weighted by Gasteiger charge is -1.99. The summed E-state index contributed by atoms with van der Waals surface area (Å²) in [7, 11) is 0. The Morgan fingerprint density at radius 3 is 2.00 bits per heavy atom. The molecule has 1 rings (SSSR count). The summed E-state index contributed by atoms with van der Waals surface area (Å²) in [6.07, 6.45) is 0. The monoisotopic (exact) mass is 130 g/mol. The van der Waals surface area contributed by atoms with Gasteiger partial charge < -0.3 is 15.2 Å². The van der Waals surface area contributed by atoms with Gasteiger partial charge in [0.1, 0.15) is 0 Å².